The minimum Gasteiger partial charge on any atom is -0.370 e. The van der Waals surface area contributed by atoms with Gasteiger partial charge in [0, 0.05) is 6.42 Å². The molecule has 2 N–H and O–H groups in total. The molecule has 0 saturated heterocycles. The third-order valence-corrected chi connectivity index (χ3v) is 3.13. The molecule has 0 atom stereocenters. The quantitative estimate of drug-likeness (QED) is 0.915. The molecule has 0 aliphatic rings. The van der Waals surface area contributed by atoms with E-state index in [1.54, 1.807) is 0 Å². The van der Waals surface area contributed by atoms with E-state index in [0.29, 0.717) is 12.0 Å². The molecule has 110 valence electrons. The first-order valence-corrected chi connectivity index (χ1v) is 6.41. The van der Waals surface area contributed by atoms with E-state index < -0.39 is 11.7 Å². The molecule has 0 unspecified atom stereocenters. The summed E-state index contributed by atoms with van der Waals surface area (Å²) in [5.74, 6) is -0.380. The lowest BCUT2D eigenvalue weighted by Gasteiger charge is -2.08. The molecule has 0 fully saturated rings. The molecule has 0 radical (unpaired) electrons. The zero-order valence-corrected chi connectivity index (χ0v) is 11.2. The number of hydrogen-bond donors (Lipinski definition) is 1. The molecule has 0 aliphatic carbocycles. The maximum atomic E-state index is 12.5. The summed E-state index contributed by atoms with van der Waals surface area (Å²) in [7, 11) is 0. The monoisotopic (exact) mass is 293 g/mol. The second-order valence-electron chi connectivity index (χ2n) is 4.74. The van der Waals surface area contributed by atoms with Crippen molar-refractivity contribution in [2.75, 3.05) is 0 Å². The fraction of sp³-hybridized carbons (Fsp3) is 0.188. The topological polar surface area (TPSA) is 43.1 Å². The second kappa shape index (κ2) is 5.99. The fourth-order valence-corrected chi connectivity index (χ4v) is 2.03. The van der Waals surface area contributed by atoms with Crippen LogP contribution in [-0.4, -0.2) is 5.91 Å². The van der Waals surface area contributed by atoms with Gasteiger partial charge in [-0.15, -0.1) is 0 Å². The van der Waals surface area contributed by atoms with Gasteiger partial charge in [-0.1, -0.05) is 36.4 Å². The van der Waals surface area contributed by atoms with Gasteiger partial charge in [0.05, 0.1) is 5.56 Å². The number of rotatable bonds is 4. The van der Waals surface area contributed by atoms with E-state index in [1.807, 2.05) is 24.3 Å². The number of nitrogens with two attached hydrogens (primary N) is 1. The predicted molar refractivity (Wildman–Crippen MR) is 74.4 cm³/mol. The van der Waals surface area contributed by atoms with Crippen molar-refractivity contribution in [3.8, 4) is 11.1 Å². The van der Waals surface area contributed by atoms with Crippen molar-refractivity contribution in [1.29, 1.82) is 0 Å². The van der Waals surface area contributed by atoms with E-state index in [9.17, 15) is 18.0 Å². The van der Waals surface area contributed by atoms with Crippen molar-refractivity contribution in [3.05, 3.63) is 59.7 Å². The molecule has 1 amide bonds. The molecular formula is C16H14F3NO. The van der Waals surface area contributed by atoms with Crippen LogP contribution in [0.4, 0.5) is 13.2 Å². The first kappa shape index (κ1) is 15.1. The Kier molecular flexibility index (Phi) is 4.31. The van der Waals surface area contributed by atoms with Gasteiger partial charge in [-0.25, -0.2) is 0 Å². The van der Waals surface area contributed by atoms with Crippen LogP contribution in [0.5, 0.6) is 0 Å². The van der Waals surface area contributed by atoms with Crippen molar-refractivity contribution >= 4 is 5.91 Å². The highest BCUT2D eigenvalue weighted by Crippen LogP contribution is 2.31. The molecule has 5 heteroatoms. The average molecular weight is 293 g/mol. The van der Waals surface area contributed by atoms with Crippen LogP contribution in [0.2, 0.25) is 0 Å². The van der Waals surface area contributed by atoms with Crippen LogP contribution in [0.15, 0.2) is 48.5 Å². The zero-order valence-electron chi connectivity index (χ0n) is 11.2. The van der Waals surface area contributed by atoms with Crippen LogP contribution in [0.25, 0.3) is 11.1 Å². The number of primary amides is 1. The normalized spacial score (nSPS) is 11.4. The first-order valence-electron chi connectivity index (χ1n) is 6.41. The average Bonchev–Trinajstić information content (AvgIpc) is 2.45. The number of aryl methyl sites for hydroxylation is 1. The molecule has 21 heavy (non-hydrogen) atoms. The minimum atomic E-state index is -4.33. The van der Waals surface area contributed by atoms with E-state index in [0.717, 1.165) is 23.3 Å². The van der Waals surface area contributed by atoms with E-state index in [-0.39, 0.29) is 12.3 Å². The van der Waals surface area contributed by atoms with Gasteiger partial charge in [-0.3, -0.25) is 4.79 Å². The van der Waals surface area contributed by atoms with Crippen LogP contribution < -0.4 is 5.73 Å². The van der Waals surface area contributed by atoms with Crippen LogP contribution >= 0.6 is 0 Å². The van der Waals surface area contributed by atoms with Crippen LogP contribution in [0.3, 0.4) is 0 Å². The molecule has 0 spiro atoms. The van der Waals surface area contributed by atoms with Crippen molar-refractivity contribution in [2.45, 2.75) is 19.0 Å². The van der Waals surface area contributed by atoms with Crippen molar-refractivity contribution in [3.63, 3.8) is 0 Å². The van der Waals surface area contributed by atoms with Gasteiger partial charge in [0.2, 0.25) is 5.91 Å². The lowest BCUT2D eigenvalue weighted by molar-refractivity contribution is -0.137. The van der Waals surface area contributed by atoms with Gasteiger partial charge < -0.3 is 5.73 Å². The third-order valence-electron chi connectivity index (χ3n) is 3.13. The summed E-state index contributed by atoms with van der Waals surface area (Å²) in [6.07, 6.45) is -3.57. The van der Waals surface area contributed by atoms with Gasteiger partial charge in [-0.2, -0.15) is 13.2 Å². The first-order chi connectivity index (χ1) is 9.86. The Morgan fingerprint density at radius 1 is 1.00 bits per heavy atom. The van der Waals surface area contributed by atoms with Gasteiger partial charge in [0.1, 0.15) is 0 Å². The Morgan fingerprint density at radius 3 is 2.24 bits per heavy atom. The molecule has 0 aromatic heterocycles. The fourth-order valence-electron chi connectivity index (χ4n) is 2.03. The highest BCUT2D eigenvalue weighted by molar-refractivity contribution is 5.74. The standard InChI is InChI=1S/C16H14F3NO/c17-16(18,19)14-7-5-12(6-8-14)13-3-1-2-11(10-13)4-9-15(20)21/h1-3,5-8,10H,4,9H2,(H2,20,21). The van der Waals surface area contributed by atoms with E-state index in [1.165, 1.54) is 12.1 Å². The lowest BCUT2D eigenvalue weighted by Crippen LogP contribution is -2.11. The number of hydrogen-bond acceptors (Lipinski definition) is 1. The molecule has 0 heterocycles. The van der Waals surface area contributed by atoms with E-state index >= 15 is 0 Å². The second-order valence-corrected chi connectivity index (χ2v) is 4.74. The van der Waals surface area contributed by atoms with Crippen molar-refractivity contribution < 1.29 is 18.0 Å². The summed E-state index contributed by atoms with van der Waals surface area (Å²) >= 11 is 0. The summed E-state index contributed by atoms with van der Waals surface area (Å²) in [6.45, 7) is 0. The van der Waals surface area contributed by atoms with E-state index in [4.69, 9.17) is 5.73 Å². The highest BCUT2D eigenvalue weighted by Gasteiger charge is 2.29. The van der Waals surface area contributed by atoms with Crippen LogP contribution in [-0.2, 0) is 17.4 Å². The molecule has 0 bridgehead atoms. The number of halogens is 3. The Bertz CT molecular complexity index is 633. The van der Waals surface area contributed by atoms with Gasteiger partial charge >= 0.3 is 6.18 Å². The Hall–Kier alpha value is -2.30. The maximum Gasteiger partial charge on any atom is 0.416 e. The zero-order chi connectivity index (χ0) is 15.5. The molecule has 2 nitrogen and oxygen atoms in total. The van der Waals surface area contributed by atoms with Crippen molar-refractivity contribution in [1.82, 2.24) is 0 Å². The summed E-state index contributed by atoms with van der Waals surface area (Å²) < 4.78 is 37.6. The molecular weight excluding hydrogens is 279 g/mol. The summed E-state index contributed by atoms with van der Waals surface area (Å²) in [5.41, 5.74) is 6.86. The Morgan fingerprint density at radius 2 is 1.67 bits per heavy atom. The Labute approximate surface area is 120 Å². The van der Waals surface area contributed by atoms with Crippen LogP contribution in [0.1, 0.15) is 17.5 Å². The number of alkyl halides is 3. The number of amides is 1. The molecule has 2 rings (SSSR count). The highest BCUT2D eigenvalue weighted by atomic mass is 19.4. The summed E-state index contributed by atoms with van der Waals surface area (Å²) in [6, 6.07) is 12.3. The molecule has 2 aromatic carbocycles. The maximum absolute atomic E-state index is 12.5. The molecule has 0 aliphatic heterocycles. The largest absolute Gasteiger partial charge is 0.416 e. The molecule has 0 saturated carbocycles. The molecule has 2 aromatic rings. The number of benzene rings is 2. The lowest BCUT2D eigenvalue weighted by atomic mass is 10.00. The Balaban J connectivity index is 2.22. The smallest absolute Gasteiger partial charge is 0.370 e. The summed E-state index contributed by atoms with van der Waals surface area (Å²) in [5, 5.41) is 0. The third kappa shape index (κ3) is 4.08. The van der Waals surface area contributed by atoms with Crippen LogP contribution in [0, 0.1) is 0 Å². The SMILES string of the molecule is NC(=O)CCc1cccc(-c2ccc(C(F)(F)F)cc2)c1. The van der Waals surface area contributed by atoms with Gasteiger partial charge in [0.25, 0.3) is 0 Å². The summed E-state index contributed by atoms with van der Waals surface area (Å²) in [4.78, 5) is 10.8. The number of carbonyl (C=O) groups excluding carboxylic acids is 1. The minimum absolute atomic E-state index is 0.246. The predicted octanol–water partition coefficient (Wildman–Crippen LogP) is 3.79. The van der Waals surface area contributed by atoms with Gasteiger partial charge in [-0.05, 0) is 35.2 Å². The van der Waals surface area contributed by atoms with Crippen molar-refractivity contribution in [2.24, 2.45) is 5.73 Å². The van der Waals surface area contributed by atoms with E-state index in [2.05, 4.69) is 0 Å². The number of carbonyl (C=O) groups is 1. The van der Waals surface area contributed by atoms with Gasteiger partial charge in [0.15, 0.2) is 0 Å².